The Labute approximate surface area is 208 Å². The number of methoxy groups -OCH3 is 1. The Morgan fingerprint density at radius 1 is 0.971 bits per heavy atom. The van der Waals surface area contributed by atoms with Crippen LogP contribution in [0, 0.1) is 4.77 Å². The molecule has 5 rings (SSSR count). The van der Waals surface area contributed by atoms with Gasteiger partial charge >= 0.3 is 0 Å². The first-order valence-corrected chi connectivity index (χ1v) is 11.9. The van der Waals surface area contributed by atoms with E-state index in [0.717, 1.165) is 48.9 Å². The summed E-state index contributed by atoms with van der Waals surface area (Å²) in [5, 5.41) is 7.42. The Balaban J connectivity index is 1.12. The summed E-state index contributed by atoms with van der Waals surface area (Å²) in [4.78, 5) is 13.7. The van der Waals surface area contributed by atoms with E-state index in [1.165, 1.54) is 0 Å². The normalized spacial score (nSPS) is 15.1. The van der Waals surface area contributed by atoms with Crippen molar-refractivity contribution < 1.29 is 9.26 Å². The average molecular weight is 490 g/mol. The summed E-state index contributed by atoms with van der Waals surface area (Å²) in [7, 11) is 1.65. The maximum atomic E-state index is 5.49. The van der Waals surface area contributed by atoms with Gasteiger partial charge in [0, 0.05) is 31.7 Å². The van der Waals surface area contributed by atoms with Crippen LogP contribution in [-0.2, 0) is 13.2 Å². The van der Waals surface area contributed by atoms with Crippen LogP contribution < -0.4 is 4.74 Å². The second kappa shape index (κ2) is 10.8. The van der Waals surface area contributed by atoms with Gasteiger partial charge in [0.05, 0.1) is 20.3 Å². The van der Waals surface area contributed by atoms with Gasteiger partial charge < -0.3 is 9.26 Å². The van der Waals surface area contributed by atoms with Crippen LogP contribution in [0.5, 0.6) is 5.75 Å². The third kappa shape index (κ3) is 5.91. The van der Waals surface area contributed by atoms with Gasteiger partial charge in [0.1, 0.15) is 11.6 Å². The molecule has 1 saturated heterocycles. The summed E-state index contributed by atoms with van der Waals surface area (Å²) >= 11 is 5.45. The molecule has 1 N–H and O–H groups in total. The lowest BCUT2D eigenvalue weighted by molar-refractivity contribution is 0.0909. The van der Waals surface area contributed by atoms with Crippen molar-refractivity contribution in [2.24, 2.45) is 0 Å². The standard InChI is InChI=1S/C25H27N7O2S/c1-33-21-10-8-20(9-11-21)24-27-23(34-29-24)17-30-13-15-31(16-14-30)18-32-25(35)26-22(28-32)12-7-19-5-3-2-4-6-19/h2-12H,13-18H2,1H3,(H,26,28,35)/b12-7+. The van der Waals surface area contributed by atoms with Gasteiger partial charge in [-0.05, 0) is 48.1 Å². The molecule has 0 bridgehead atoms. The number of aromatic amines is 1. The molecule has 3 heterocycles. The fourth-order valence-electron chi connectivity index (χ4n) is 3.94. The van der Waals surface area contributed by atoms with Gasteiger partial charge in [0.15, 0.2) is 0 Å². The predicted molar refractivity (Wildman–Crippen MR) is 136 cm³/mol. The van der Waals surface area contributed by atoms with E-state index in [9.17, 15) is 0 Å². The van der Waals surface area contributed by atoms with Gasteiger partial charge in [-0.15, -0.1) is 0 Å². The van der Waals surface area contributed by atoms with Crippen molar-refractivity contribution in [1.82, 2.24) is 34.7 Å². The molecule has 2 aromatic heterocycles. The van der Waals surface area contributed by atoms with Gasteiger partial charge in [0.2, 0.25) is 16.5 Å². The molecule has 0 unspecified atom stereocenters. The van der Waals surface area contributed by atoms with Gasteiger partial charge in [0.25, 0.3) is 0 Å². The first-order chi connectivity index (χ1) is 17.2. The van der Waals surface area contributed by atoms with Crippen LogP contribution in [-0.4, -0.2) is 68.0 Å². The van der Waals surface area contributed by atoms with E-state index in [2.05, 4.69) is 42.2 Å². The van der Waals surface area contributed by atoms with Crippen molar-refractivity contribution in [2.75, 3.05) is 33.3 Å². The molecular weight excluding hydrogens is 462 g/mol. The van der Waals surface area contributed by atoms with Crippen LogP contribution in [0.3, 0.4) is 0 Å². The van der Waals surface area contributed by atoms with Gasteiger partial charge in [-0.3, -0.25) is 14.9 Å². The molecule has 0 aliphatic carbocycles. The van der Waals surface area contributed by atoms with Crippen molar-refractivity contribution >= 4 is 24.4 Å². The van der Waals surface area contributed by atoms with Crippen LogP contribution in [0.15, 0.2) is 59.1 Å². The maximum absolute atomic E-state index is 5.49. The van der Waals surface area contributed by atoms with E-state index in [0.29, 0.717) is 29.7 Å². The molecule has 1 aliphatic rings. The number of benzene rings is 2. The van der Waals surface area contributed by atoms with E-state index in [-0.39, 0.29) is 0 Å². The SMILES string of the molecule is COc1ccc(-c2noc(CN3CCN(Cn4[nH]c(/C=C/c5ccccc5)nc4=S)CC3)n2)cc1. The first-order valence-electron chi connectivity index (χ1n) is 11.5. The minimum Gasteiger partial charge on any atom is -0.497 e. The van der Waals surface area contributed by atoms with Crippen molar-refractivity contribution in [3.8, 4) is 17.1 Å². The van der Waals surface area contributed by atoms with E-state index in [1.807, 2.05) is 59.3 Å². The summed E-state index contributed by atoms with van der Waals surface area (Å²) in [6.07, 6.45) is 3.97. The molecule has 9 nitrogen and oxygen atoms in total. The molecular formula is C25H27N7O2S. The van der Waals surface area contributed by atoms with Crippen molar-refractivity contribution in [1.29, 1.82) is 0 Å². The van der Waals surface area contributed by atoms with E-state index >= 15 is 0 Å². The molecule has 0 saturated carbocycles. The number of hydrogen-bond acceptors (Lipinski definition) is 8. The molecule has 4 aromatic rings. The van der Waals surface area contributed by atoms with Crippen molar-refractivity contribution in [3.63, 3.8) is 0 Å². The Morgan fingerprint density at radius 3 is 2.46 bits per heavy atom. The molecule has 180 valence electrons. The predicted octanol–water partition coefficient (Wildman–Crippen LogP) is 3.94. The zero-order valence-electron chi connectivity index (χ0n) is 19.5. The number of rotatable bonds is 8. The lowest BCUT2D eigenvalue weighted by Crippen LogP contribution is -2.46. The second-order valence-electron chi connectivity index (χ2n) is 8.34. The highest BCUT2D eigenvalue weighted by atomic mass is 32.1. The Bertz CT molecular complexity index is 1320. The summed E-state index contributed by atoms with van der Waals surface area (Å²) in [6, 6.07) is 17.8. The highest BCUT2D eigenvalue weighted by Crippen LogP contribution is 2.20. The van der Waals surface area contributed by atoms with Crippen LogP contribution in [0.2, 0.25) is 0 Å². The highest BCUT2D eigenvalue weighted by Gasteiger charge is 2.20. The quantitative estimate of drug-likeness (QED) is 0.372. The van der Waals surface area contributed by atoms with Gasteiger partial charge in [-0.2, -0.15) is 9.97 Å². The smallest absolute Gasteiger partial charge is 0.241 e. The number of hydrogen-bond donors (Lipinski definition) is 1. The second-order valence-corrected chi connectivity index (χ2v) is 8.70. The molecule has 1 aliphatic heterocycles. The molecule has 0 amide bonds. The molecule has 10 heteroatoms. The zero-order valence-corrected chi connectivity index (χ0v) is 20.3. The molecule has 0 radical (unpaired) electrons. The van der Waals surface area contributed by atoms with Crippen LogP contribution in [0.1, 0.15) is 17.3 Å². The number of nitrogens with one attached hydrogen (secondary N) is 1. The maximum Gasteiger partial charge on any atom is 0.241 e. The number of aromatic nitrogens is 5. The topological polar surface area (TPSA) is 88.2 Å². The lowest BCUT2D eigenvalue weighted by Gasteiger charge is -2.33. The minimum absolute atomic E-state index is 0.553. The van der Waals surface area contributed by atoms with Crippen LogP contribution in [0.25, 0.3) is 23.5 Å². The fraction of sp³-hybridized carbons (Fsp3) is 0.280. The summed E-state index contributed by atoms with van der Waals surface area (Å²) in [5.74, 6) is 2.76. The first kappa shape index (κ1) is 23.2. The third-order valence-electron chi connectivity index (χ3n) is 5.91. The molecule has 0 spiro atoms. The summed E-state index contributed by atoms with van der Waals surface area (Å²) in [6.45, 7) is 4.95. The fourth-order valence-corrected chi connectivity index (χ4v) is 4.14. The van der Waals surface area contributed by atoms with E-state index in [1.54, 1.807) is 7.11 Å². The largest absolute Gasteiger partial charge is 0.497 e. The minimum atomic E-state index is 0.553. The van der Waals surface area contributed by atoms with E-state index < -0.39 is 0 Å². The van der Waals surface area contributed by atoms with Crippen LogP contribution >= 0.6 is 12.2 Å². The Hall–Kier alpha value is -3.60. The summed E-state index contributed by atoms with van der Waals surface area (Å²) in [5.41, 5.74) is 2.02. The number of ether oxygens (including phenoxy) is 1. The van der Waals surface area contributed by atoms with E-state index in [4.69, 9.17) is 21.5 Å². The van der Waals surface area contributed by atoms with Gasteiger partial charge in [-0.1, -0.05) is 41.6 Å². The van der Waals surface area contributed by atoms with Crippen LogP contribution in [0.4, 0.5) is 0 Å². The van der Waals surface area contributed by atoms with Gasteiger partial charge in [-0.25, -0.2) is 4.68 Å². The molecule has 35 heavy (non-hydrogen) atoms. The summed E-state index contributed by atoms with van der Waals surface area (Å²) < 4.78 is 13.2. The third-order valence-corrected chi connectivity index (χ3v) is 6.22. The van der Waals surface area contributed by atoms with Crippen molar-refractivity contribution in [2.45, 2.75) is 13.2 Å². The number of nitrogens with zero attached hydrogens (tertiary/aromatic N) is 6. The number of H-pyrrole nitrogens is 1. The average Bonchev–Trinajstić information content (AvgIpc) is 3.51. The molecule has 2 aromatic carbocycles. The Morgan fingerprint density at radius 2 is 1.71 bits per heavy atom. The lowest BCUT2D eigenvalue weighted by atomic mass is 10.2. The Kier molecular flexibility index (Phi) is 7.12. The molecule has 1 fully saturated rings. The molecule has 0 atom stereocenters. The van der Waals surface area contributed by atoms with Crippen molar-refractivity contribution in [3.05, 3.63) is 76.6 Å². The highest BCUT2D eigenvalue weighted by molar-refractivity contribution is 7.71. The zero-order chi connectivity index (χ0) is 24.0. The number of piperazine rings is 1. The monoisotopic (exact) mass is 489 g/mol.